The van der Waals surface area contributed by atoms with Crippen molar-refractivity contribution in [2.75, 3.05) is 5.73 Å². The maximum absolute atomic E-state index is 5.78. The Kier molecular flexibility index (Phi) is 3.09. The van der Waals surface area contributed by atoms with Crippen molar-refractivity contribution >= 4 is 17.6 Å². The van der Waals surface area contributed by atoms with Crippen molar-refractivity contribution in [3.8, 4) is 0 Å². The van der Waals surface area contributed by atoms with Gasteiger partial charge in [-0.2, -0.15) is 0 Å². The molecule has 0 aliphatic carbocycles. The number of anilines is 1. The summed E-state index contributed by atoms with van der Waals surface area (Å²) < 4.78 is 5.26. The van der Waals surface area contributed by atoms with Crippen molar-refractivity contribution in [3.05, 3.63) is 23.8 Å². The van der Waals surface area contributed by atoms with Gasteiger partial charge in [0.2, 0.25) is 0 Å². The number of oxazole rings is 1. The lowest BCUT2D eigenvalue weighted by molar-refractivity contribution is 0.453. The van der Waals surface area contributed by atoms with Crippen LogP contribution >= 0.6 is 11.8 Å². The molecule has 2 aromatic heterocycles. The molecule has 0 saturated carbocycles. The zero-order valence-electron chi connectivity index (χ0n) is 9.10. The molecule has 6 heteroatoms. The summed E-state index contributed by atoms with van der Waals surface area (Å²) in [6, 6.07) is 0. The van der Waals surface area contributed by atoms with Crippen LogP contribution in [0, 0.1) is 6.92 Å². The number of rotatable bonds is 3. The van der Waals surface area contributed by atoms with Crippen LogP contribution in [0.15, 0.2) is 27.3 Å². The highest BCUT2D eigenvalue weighted by Crippen LogP contribution is 2.29. The van der Waals surface area contributed by atoms with E-state index >= 15 is 0 Å². The number of aromatic nitrogens is 3. The maximum atomic E-state index is 5.78. The first kappa shape index (κ1) is 10.9. The van der Waals surface area contributed by atoms with Crippen LogP contribution in [0.1, 0.15) is 18.2 Å². The van der Waals surface area contributed by atoms with Gasteiger partial charge in [-0.1, -0.05) is 6.92 Å². The summed E-state index contributed by atoms with van der Waals surface area (Å²) in [5.74, 6) is 0.517. The Bertz CT molecular complexity index is 497. The van der Waals surface area contributed by atoms with Crippen LogP contribution in [0.3, 0.4) is 0 Å². The van der Waals surface area contributed by atoms with Gasteiger partial charge in [-0.25, -0.2) is 15.0 Å². The molecular weight excluding hydrogens is 224 g/mol. The molecule has 2 N–H and O–H groups in total. The van der Waals surface area contributed by atoms with E-state index in [-0.39, 0.29) is 0 Å². The van der Waals surface area contributed by atoms with Gasteiger partial charge in [-0.05, 0) is 25.1 Å². The lowest BCUT2D eigenvalue weighted by atomic mass is 10.2. The molecule has 0 saturated heterocycles. The molecule has 0 unspecified atom stereocenters. The van der Waals surface area contributed by atoms with E-state index in [1.54, 1.807) is 6.26 Å². The molecule has 0 aliphatic heterocycles. The van der Waals surface area contributed by atoms with Crippen molar-refractivity contribution in [2.45, 2.75) is 30.5 Å². The van der Waals surface area contributed by atoms with Crippen LogP contribution < -0.4 is 5.73 Å². The molecular formula is C10H12N4OS. The SMILES string of the molecule is CCc1c(N)ncnc1Sc1nc(C)co1. The number of nitrogen functional groups attached to an aromatic ring is 1. The molecule has 2 aromatic rings. The van der Waals surface area contributed by atoms with Gasteiger partial charge < -0.3 is 10.2 Å². The molecule has 0 bridgehead atoms. The molecule has 5 nitrogen and oxygen atoms in total. The zero-order chi connectivity index (χ0) is 11.5. The third-order valence-electron chi connectivity index (χ3n) is 2.07. The van der Waals surface area contributed by atoms with Crippen molar-refractivity contribution in [1.82, 2.24) is 15.0 Å². The van der Waals surface area contributed by atoms with Gasteiger partial charge in [-0.15, -0.1) is 0 Å². The summed E-state index contributed by atoms with van der Waals surface area (Å²) in [6.45, 7) is 3.89. The first-order valence-corrected chi connectivity index (χ1v) is 5.71. The van der Waals surface area contributed by atoms with E-state index in [4.69, 9.17) is 10.2 Å². The quantitative estimate of drug-likeness (QED) is 0.822. The summed E-state index contributed by atoms with van der Waals surface area (Å²) in [5.41, 5.74) is 7.56. The first-order chi connectivity index (χ1) is 7.70. The van der Waals surface area contributed by atoms with E-state index in [0.29, 0.717) is 11.0 Å². The molecule has 84 valence electrons. The van der Waals surface area contributed by atoms with E-state index in [1.165, 1.54) is 18.1 Å². The van der Waals surface area contributed by atoms with Crippen LogP contribution in [0.4, 0.5) is 5.82 Å². The van der Waals surface area contributed by atoms with E-state index in [1.807, 2.05) is 13.8 Å². The average Bonchev–Trinajstić information content (AvgIpc) is 2.64. The summed E-state index contributed by atoms with van der Waals surface area (Å²) in [7, 11) is 0. The van der Waals surface area contributed by atoms with Gasteiger partial charge in [0.25, 0.3) is 5.22 Å². The van der Waals surface area contributed by atoms with Crippen molar-refractivity contribution in [1.29, 1.82) is 0 Å². The molecule has 2 rings (SSSR count). The largest absolute Gasteiger partial charge is 0.439 e. The summed E-state index contributed by atoms with van der Waals surface area (Å²) in [4.78, 5) is 12.4. The third-order valence-corrected chi connectivity index (χ3v) is 2.98. The Labute approximate surface area is 97.5 Å². The minimum absolute atomic E-state index is 0.517. The number of nitrogens with two attached hydrogens (primary N) is 1. The molecule has 0 atom stereocenters. The molecule has 16 heavy (non-hydrogen) atoms. The lowest BCUT2D eigenvalue weighted by Gasteiger charge is -2.05. The minimum atomic E-state index is 0.517. The second-order valence-corrected chi connectivity index (χ2v) is 4.19. The fourth-order valence-corrected chi connectivity index (χ4v) is 2.21. The fraction of sp³-hybridized carbons (Fsp3) is 0.300. The van der Waals surface area contributed by atoms with Gasteiger partial charge >= 0.3 is 0 Å². The Morgan fingerprint density at radius 3 is 2.88 bits per heavy atom. The van der Waals surface area contributed by atoms with Gasteiger partial charge in [0, 0.05) is 5.56 Å². The van der Waals surface area contributed by atoms with Gasteiger partial charge in [0.05, 0.1) is 5.69 Å². The van der Waals surface area contributed by atoms with Gasteiger partial charge in [0.15, 0.2) is 0 Å². The number of nitrogens with zero attached hydrogens (tertiary/aromatic N) is 3. The average molecular weight is 236 g/mol. The fourth-order valence-electron chi connectivity index (χ4n) is 1.29. The Hall–Kier alpha value is -1.56. The highest BCUT2D eigenvalue weighted by Gasteiger charge is 2.11. The van der Waals surface area contributed by atoms with E-state index in [0.717, 1.165) is 22.7 Å². The topological polar surface area (TPSA) is 77.8 Å². The van der Waals surface area contributed by atoms with Crippen molar-refractivity contribution < 1.29 is 4.42 Å². The normalized spacial score (nSPS) is 10.6. The molecule has 0 radical (unpaired) electrons. The monoisotopic (exact) mass is 236 g/mol. The Morgan fingerprint density at radius 1 is 1.44 bits per heavy atom. The highest BCUT2D eigenvalue weighted by atomic mass is 32.2. The van der Waals surface area contributed by atoms with Crippen molar-refractivity contribution in [3.63, 3.8) is 0 Å². The predicted octanol–water partition coefficient (Wildman–Crippen LogP) is 2.07. The number of hydrogen-bond donors (Lipinski definition) is 1. The van der Waals surface area contributed by atoms with E-state index in [9.17, 15) is 0 Å². The van der Waals surface area contributed by atoms with Gasteiger partial charge in [0.1, 0.15) is 23.4 Å². The summed E-state index contributed by atoms with van der Waals surface area (Å²) >= 11 is 1.36. The Morgan fingerprint density at radius 2 is 2.25 bits per heavy atom. The lowest BCUT2D eigenvalue weighted by Crippen LogP contribution is -2.00. The van der Waals surface area contributed by atoms with Crippen LogP contribution in [-0.2, 0) is 6.42 Å². The van der Waals surface area contributed by atoms with Crippen LogP contribution in [0.2, 0.25) is 0 Å². The number of aryl methyl sites for hydroxylation is 1. The minimum Gasteiger partial charge on any atom is -0.439 e. The third kappa shape index (κ3) is 2.16. The van der Waals surface area contributed by atoms with Crippen LogP contribution in [-0.4, -0.2) is 15.0 Å². The molecule has 2 heterocycles. The van der Waals surface area contributed by atoms with Crippen LogP contribution in [0.25, 0.3) is 0 Å². The maximum Gasteiger partial charge on any atom is 0.262 e. The second-order valence-electron chi connectivity index (χ2n) is 3.25. The standard InChI is InChI=1S/C10H12N4OS/c1-3-7-8(11)12-5-13-9(7)16-10-14-6(2)4-15-10/h4-5H,3H2,1-2H3,(H2,11,12,13). The Balaban J connectivity index is 2.30. The van der Waals surface area contributed by atoms with Crippen LogP contribution in [0.5, 0.6) is 0 Å². The molecule has 0 fully saturated rings. The summed E-state index contributed by atoms with van der Waals surface area (Å²) in [5, 5.41) is 1.38. The first-order valence-electron chi connectivity index (χ1n) is 4.90. The zero-order valence-corrected chi connectivity index (χ0v) is 9.91. The molecule has 0 aromatic carbocycles. The molecule has 0 spiro atoms. The van der Waals surface area contributed by atoms with E-state index < -0.39 is 0 Å². The predicted molar refractivity (Wildman–Crippen MR) is 61.2 cm³/mol. The molecule has 0 aliphatic rings. The second kappa shape index (κ2) is 4.52. The van der Waals surface area contributed by atoms with Crippen molar-refractivity contribution in [2.24, 2.45) is 0 Å². The summed E-state index contributed by atoms with van der Waals surface area (Å²) in [6.07, 6.45) is 3.85. The smallest absolute Gasteiger partial charge is 0.262 e. The number of hydrogen-bond acceptors (Lipinski definition) is 6. The van der Waals surface area contributed by atoms with E-state index in [2.05, 4.69) is 15.0 Å². The molecule has 0 amide bonds. The highest BCUT2D eigenvalue weighted by molar-refractivity contribution is 7.99. The van der Waals surface area contributed by atoms with Gasteiger partial charge in [-0.3, -0.25) is 0 Å².